The minimum atomic E-state index is -0.123. The zero-order chi connectivity index (χ0) is 18.0. The van der Waals surface area contributed by atoms with Gasteiger partial charge in [0.05, 0.1) is 18.1 Å². The van der Waals surface area contributed by atoms with Gasteiger partial charge in [0.2, 0.25) is 5.91 Å². The number of rotatable bonds is 2. The summed E-state index contributed by atoms with van der Waals surface area (Å²) in [6, 6.07) is 6.92. The monoisotopic (exact) mass is 364 g/mol. The van der Waals surface area contributed by atoms with Crippen molar-refractivity contribution in [3.05, 3.63) is 34.9 Å². The highest BCUT2D eigenvalue weighted by Crippen LogP contribution is 2.23. The SMILES string of the molecule is C[C@@H]1CN(C(=O)[C@H]2CCCN(C(=O)c3ccc(Cl)cc3)C2)C[C@H](C)O1. The molecule has 0 aliphatic carbocycles. The van der Waals surface area contributed by atoms with Crippen LogP contribution in [-0.2, 0) is 9.53 Å². The Morgan fingerprint density at radius 3 is 2.32 bits per heavy atom. The van der Waals surface area contributed by atoms with E-state index in [4.69, 9.17) is 16.3 Å². The van der Waals surface area contributed by atoms with Crippen molar-refractivity contribution >= 4 is 23.4 Å². The Labute approximate surface area is 153 Å². The van der Waals surface area contributed by atoms with Gasteiger partial charge in [-0.1, -0.05) is 11.6 Å². The van der Waals surface area contributed by atoms with Crippen LogP contribution in [0, 0.1) is 5.92 Å². The molecule has 3 rings (SSSR count). The van der Waals surface area contributed by atoms with Gasteiger partial charge in [0.15, 0.2) is 0 Å². The smallest absolute Gasteiger partial charge is 0.253 e. The fourth-order valence-corrected chi connectivity index (χ4v) is 3.88. The van der Waals surface area contributed by atoms with Crippen LogP contribution in [0.25, 0.3) is 0 Å². The predicted octanol–water partition coefficient (Wildman–Crippen LogP) is 2.83. The number of morpholine rings is 1. The number of carbonyl (C=O) groups is 2. The number of hydrogen-bond donors (Lipinski definition) is 0. The van der Waals surface area contributed by atoms with Gasteiger partial charge in [-0.3, -0.25) is 9.59 Å². The van der Waals surface area contributed by atoms with Crippen molar-refractivity contribution in [3.63, 3.8) is 0 Å². The summed E-state index contributed by atoms with van der Waals surface area (Å²) in [4.78, 5) is 29.3. The van der Waals surface area contributed by atoms with Crippen LogP contribution < -0.4 is 0 Å². The molecule has 25 heavy (non-hydrogen) atoms. The molecule has 0 spiro atoms. The summed E-state index contributed by atoms with van der Waals surface area (Å²) in [6.45, 7) is 6.43. The van der Waals surface area contributed by atoms with E-state index in [1.807, 2.05) is 18.7 Å². The molecule has 0 bridgehead atoms. The number of hydrogen-bond acceptors (Lipinski definition) is 3. The molecule has 136 valence electrons. The Hall–Kier alpha value is -1.59. The third-order valence-electron chi connectivity index (χ3n) is 4.88. The second kappa shape index (κ2) is 7.75. The number of ether oxygens (including phenoxy) is 1. The first-order chi connectivity index (χ1) is 11.9. The van der Waals surface area contributed by atoms with E-state index in [1.54, 1.807) is 29.2 Å². The van der Waals surface area contributed by atoms with Gasteiger partial charge in [-0.05, 0) is 51.0 Å². The molecule has 2 saturated heterocycles. The summed E-state index contributed by atoms with van der Waals surface area (Å²) < 4.78 is 5.71. The van der Waals surface area contributed by atoms with Crippen molar-refractivity contribution in [2.75, 3.05) is 26.2 Å². The molecule has 0 unspecified atom stereocenters. The maximum atomic E-state index is 12.9. The van der Waals surface area contributed by atoms with Gasteiger partial charge in [0.1, 0.15) is 0 Å². The van der Waals surface area contributed by atoms with E-state index < -0.39 is 0 Å². The molecule has 2 amide bonds. The lowest BCUT2D eigenvalue weighted by Crippen LogP contribution is -2.53. The second-order valence-corrected chi connectivity index (χ2v) is 7.53. The van der Waals surface area contributed by atoms with Crippen LogP contribution in [0.1, 0.15) is 37.0 Å². The summed E-state index contributed by atoms with van der Waals surface area (Å²) >= 11 is 5.89. The maximum Gasteiger partial charge on any atom is 0.253 e. The maximum absolute atomic E-state index is 12.9. The lowest BCUT2D eigenvalue weighted by Gasteiger charge is -2.39. The van der Waals surface area contributed by atoms with Crippen LogP contribution in [0.15, 0.2) is 24.3 Å². The average molecular weight is 365 g/mol. The van der Waals surface area contributed by atoms with Gasteiger partial charge >= 0.3 is 0 Å². The third kappa shape index (κ3) is 4.33. The summed E-state index contributed by atoms with van der Waals surface area (Å²) in [7, 11) is 0. The first-order valence-corrected chi connectivity index (χ1v) is 9.31. The summed E-state index contributed by atoms with van der Waals surface area (Å²) in [5.41, 5.74) is 0.617. The van der Waals surface area contributed by atoms with Crippen LogP contribution in [-0.4, -0.2) is 60.0 Å². The lowest BCUT2D eigenvalue weighted by molar-refractivity contribution is -0.148. The van der Waals surface area contributed by atoms with Gasteiger partial charge < -0.3 is 14.5 Å². The number of amides is 2. The molecule has 3 atom stereocenters. The Bertz CT molecular complexity index is 624. The summed E-state index contributed by atoms with van der Waals surface area (Å²) in [6.07, 6.45) is 1.81. The second-order valence-electron chi connectivity index (χ2n) is 7.10. The van der Waals surface area contributed by atoms with Crippen molar-refractivity contribution in [2.24, 2.45) is 5.92 Å². The Kier molecular flexibility index (Phi) is 5.64. The number of halogens is 1. The topological polar surface area (TPSA) is 49.9 Å². The molecule has 0 aromatic heterocycles. The zero-order valence-electron chi connectivity index (χ0n) is 14.8. The molecule has 0 radical (unpaired) electrons. The minimum Gasteiger partial charge on any atom is -0.372 e. The van der Waals surface area contributed by atoms with Gasteiger partial charge in [0.25, 0.3) is 5.91 Å². The van der Waals surface area contributed by atoms with Gasteiger partial charge in [-0.15, -0.1) is 0 Å². The third-order valence-corrected chi connectivity index (χ3v) is 5.13. The first kappa shape index (κ1) is 18.2. The van der Waals surface area contributed by atoms with Crippen LogP contribution in [0.4, 0.5) is 0 Å². The van der Waals surface area contributed by atoms with Crippen LogP contribution >= 0.6 is 11.6 Å². The molecular formula is C19H25ClN2O3. The van der Waals surface area contributed by atoms with Crippen molar-refractivity contribution in [2.45, 2.75) is 38.9 Å². The predicted molar refractivity (Wildman–Crippen MR) is 96.7 cm³/mol. The number of piperidine rings is 1. The lowest BCUT2D eigenvalue weighted by atomic mass is 9.95. The van der Waals surface area contributed by atoms with Crippen LogP contribution in [0.3, 0.4) is 0 Å². The molecule has 6 heteroatoms. The van der Waals surface area contributed by atoms with E-state index in [0.717, 1.165) is 12.8 Å². The highest BCUT2D eigenvalue weighted by Gasteiger charge is 2.34. The van der Waals surface area contributed by atoms with E-state index in [0.29, 0.717) is 36.8 Å². The van der Waals surface area contributed by atoms with E-state index >= 15 is 0 Å². The van der Waals surface area contributed by atoms with Crippen molar-refractivity contribution in [1.82, 2.24) is 9.80 Å². The molecule has 0 N–H and O–H groups in total. The Balaban J connectivity index is 1.65. The van der Waals surface area contributed by atoms with E-state index in [1.165, 1.54) is 0 Å². The number of carbonyl (C=O) groups excluding carboxylic acids is 2. The highest BCUT2D eigenvalue weighted by molar-refractivity contribution is 6.30. The van der Waals surface area contributed by atoms with Gasteiger partial charge in [-0.2, -0.15) is 0 Å². The summed E-state index contributed by atoms with van der Waals surface area (Å²) in [5.74, 6) is -0.00372. The largest absolute Gasteiger partial charge is 0.372 e. The molecule has 5 nitrogen and oxygen atoms in total. The first-order valence-electron chi connectivity index (χ1n) is 8.93. The average Bonchev–Trinajstić information content (AvgIpc) is 2.60. The van der Waals surface area contributed by atoms with Crippen LogP contribution in [0.5, 0.6) is 0 Å². The molecule has 2 aliphatic heterocycles. The minimum absolute atomic E-state index is 0.0297. The highest BCUT2D eigenvalue weighted by atomic mass is 35.5. The Morgan fingerprint density at radius 1 is 1.04 bits per heavy atom. The Morgan fingerprint density at radius 2 is 1.68 bits per heavy atom. The van der Waals surface area contributed by atoms with Crippen molar-refractivity contribution < 1.29 is 14.3 Å². The van der Waals surface area contributed by atoms with Crippen LogP contribution in [0.2, 0.25) is 5.02 Å². The van der Waals surface area contributed by atoms with Crippen molar-refractivity contribution in [1.29, 1.82) is 0 Å². The molecule has 1 aromatic carbocycles. The van der Waals surface area contributed by atoms with Gasteiger partial charge in [-0.25, -0.2) is 0 Å². The molecule has 1 aromatic rings. The fourth-order valence-electron chi connectivity index (χ4n) is 3.75. The zero-order valence-corrected chi connectivity index (χ0v) is 15.5. The number of nitrogens with zero attached hydrogens (tertiary/aromatic N) is 2. The number of benzene rings is 1. The molecule has 2 fully saturated rings. The van der Waals surface area contributed by atoms with E-state index in [2.05, 4.69) is 0 Å². The molecule has 2 heterocycles. The molecule has 2 aliphatic rings. The standard InChI is InChI=1S/C19H25ClN2O3/c1-13-10-22(11-14(2)25-13)19(24)16-4-3-9-21(12-16)18(23)15-5-7-17(20)8-6-15/h5-8,13-14,16H,3-4,9-12H2,1-2H3/t13-,14+,16-/m0/s1. The molecule has 0 saturated carbocycles. The fraction of sp³-hybridized carbons (Fsp3) is 0.579. The van der Waals surface area contributed by atoms with E-state index in [-0.39, 0.29) is 29.9 Å². The summed E-state index contributed by atoms with van der Waals surface area (Å²) in [5, 5.41) is 0.610. The number of likely N-dealkylation sites (tertiary alicyclic amines) is 1. The normalized spacial score (nSPS) is 27.2. The quantitative estimate of drug-likeness (QED) is 0.810. The molecular weight excluding hydrogens is 340 g/mol. The van der Waals surface area contributed by atoms with E-state index in [9.17, 15) is 9.59 Å². The van der Waals surface area contributed by atoms with Crippen molar-refractivity contribution in [3.8, 4) is 0 Å². The van der Waals surface area contributed by atoms with Gasteiger partial charge in [0, 0.05) is 36.8 Å².